The van der Waals surface area contributed by atoms with Crippen LogP contribution in [0.25, 0.3) is 11.3 Å². The highest BCUT2D eigenvalue weighted by Crippen LogP contribution is 2.51. The van der Waals surface area contributed by atoms with Gasteiger partial charge in [-0.2, -0.15) is 0 Å². The Kier molecular flexibility index (Phi) is 2.50. The summed E-state index contributed by atoms with van der Waals surface area (Å²) >= 11 is 6.17. The summed E-state index contributed by atoms with van der Waals surface area (Å²) in [4.78, 5) is 20.1. The van der Waals surface area contributed by atoms with Gasteiger partial charge in [0.2, 0.25) is 5.95 Å². The summed E-state index contributed by atoms with van der Waals surface area (Å²) in [6, 6.07) is 5.72. The molecule has 0 atom stereocenters. The van der Waals surface area contributed by atoms with E-state index in [-0.39, 0.29) is 17.3 Å². The molecule has 2 aliphatic rings. The number of anilines is 1. The number of halogens is 1. The third-order valence-corrected chi connectivity index (χ3v) is 4.59. The molecule has 0 bridgehead atoms. The van der Waals surface area contributed by atoms with Crippen molar-refractivity contribution in [2.75, 3.05) is 12.3 Å². The van der Waals surface area contributed by atoms with Crippen LogP contribution in [0.1, 0.15) is 28.8 Å². The highest BCUT2D eigenvalue weighted by molar-refractivity contribution is 6.32. The predicted octanol–water partition coefficient (Wildman–Crippen LogP) is 2.15. The maximum Gasteiger partial charge on any atom is 0.251 e. The lowest BCUT2D eigenvalue weighted by Crippen LogP contribution is -2.39. The monoisotopic (exact) mass is 300 g/mol. The molecule has 1 aliphatic carbocycles. The minimum atomic E-state index is -0.0117. The van der Waals surface area contributed by atoms with E-state index in [2.05, 4.69) is 15.3 Å². The Hall–Kier alpha value is -2.14. The van der Waals surface area contributed by atoms with E-state index >= 15 is 0 Å². The molecule has 1 aliphatic heterocycles. The molecule has 4 rings (SSSR count). The van der Waals surface area contributed by atoms with E-state index in [1.807, 2.05) is 18.2 Å². The second kappa shape index (κ2) is 4.18. The number of carbonyl (C=O) groups is 1. The first kappa shape index (κ1) is 12.6. The standard InChI is InChI=1S/C15H13ClN4O/c16-11-6-18-14(17)20-12(11)8-1-2-9-10(5-8)15(3-4-15)7-19-13(9)21/h1-2,5-6H,3-4,7H2,(H,19,21)(H2,17,18,20). The summed E-state index contributed by atoms with van der Waals surface area (Å²) in [6.45, 7) is 0.710. The number of nitrogens with zero attached hydrogens (tertiary/aromatic N) is 2. The molecule has 1 aromatic carbocycles. The maximum atomic E-state index is 12.0. The number of hydrogen-bond acceptors (Lipinski definition) is 4. The van der Waals surface area contributed by atoms with E-state index in [0.29, 0.717) is 17.3 Å². The normalized spacial score (nSPS) is 18.2. The molecule has 21 heavy (non-hydrogen) atoms. The lowest BCUT2D eigenvalue weighted by molar-refractivity contribution is 0.0937. The highest BCUT2D eigenvalue weighted by Gasteiger charge is 2.48. The van der Waals surface area contributed by atoms with E-state index < -0.39 is 0 Å². The first-order valence-corrected chi connectivity index (χ1v) is 7.18. The Labute approximate surface area is 126 Å². The zero-order valence-electron chi connectivity index (χ0n) is 11.2. The predicted molar refractivity (Wildman–Crippen MR) is 80.1 cm³/mol. The molecule has 0 radical (unpaired) electrons. The molecule has 1 fully saturated rings. The highest BCUT2D eigenvalue weighted by atomic mass is 35.5. The Morgan fingerprint density at radius 3 is 2.90 bits per heavy atom. The molecule has 5 nitrogen and oxygen atoms in total. The van der Waals surface area contributed by atoms with Crippen LogP contribution in [0.2, 0.25) is 5.02 Å². The van der Waals surface area contributed by atoms with Crippen LogP contribution in [0.5, 0.6) is 0 Å². The number of aromatic nitrogens is 2. The van der Waals surface area contributed by atoms with E-state index in [1.165, 1.54) is 6.20 Å². The summed E-state index contributed by atoms with van der Waals surface area (Å²) in [5.74, 6) is 0.174. The Balaban J connectivity index is 1.89. The first-order chi connectivity index (χ1) is 10.1. The lowest BCUT2D eigenvalue weighted by atomic mass is 9.86. The maximum absolute atomic E-state index is 12.0. The molecule has 106 valence electrons. The zero-order chi connectivity index (χ0) is 14.6. The number of nitrogens with two attached hydrogens (primary N) is 1. The third-order valence-electron chi connectivity index (χ3n) is 4.31. The van der Waals surface area contributed by atoms with Gasteiger partial charge in [0.05, 0.1) is 16.9 Å². The second-order valence-corrected chi connectivity index (χ2v) is 6.06. The average Bonchev–Trinajstić information content (AvgIpc) is 3.27. The molecular weight excluding hydrogens is 288 g/mol. The number of nitrogen functional groups attached to an aromatic ring is 1. The summed E-state index contributed by atoms with van der Waals surface area (Å²) in [6.07, 6.45) is 3.70. The minimum Gasteiger partial charge on any atom is -0.368 e. The summed E-state index contributed by atoms with van der Waals surface area (Å²) < 4.78 is 0. The van der Waals surface area contributed by atoms with Crippen LogP contribution in [0.4, 0.5) is 5.95 Å². The Bertz CT molecular complexity index is 770. The van der Waals surface area contributed by atoms with Gasteiger partial charge >= 0.3 is 0 Å². The van der Waals surface area contributed by atoms with Gasteiger partial charge < -0.3 is 11.1 Å². The van der Waals surface area contributed by atoms with Crippen molar-refractivity contribution in [1.29, 1.82) is 0 Å². The Morgan fingerprint density at radius 2 is 2.14 bits per heavy atom. The van der Waals surface area contributed by atoms with Gasteiger partial charge in [-0.25, -0.2) is 9.97 Å². The van der Waals surface area contributed by atoms with Gasteiger partial charge in [0, 0.05) is 23.1 Å². The summed E-state index contributed by atoms with van der Waals surface area (Å²) in [5, 5.41) is 3.41. The van der Waals surface area contributed by atoms with E-state index in [1.54, 1.807) is 0 Å². The largest absolute Gasteiger partial charge is 0.368 e. The number of nitrogens with one attached hydrogen (secondary N) is 1. The van der Waals surface area contributed by atoms with Crippen LogP contribution in [0, 0.1) is 0 Å². The van der Waals surface area contributed by atoms with Crippen molar-refractivity contribution in [3.05, 3.63) is 40.5 Å². The number of carbonyl (C=O) groups excluding carboxylic acids is 1. The van der Waals surface area contributed by atoms with Crippen molar-refractivity contribution in [1.82, 2.24) is 15.3 Å². The van der Waals surface area contributed by atoms with Gasteiger partial charge in [-0.05, 0) is 30.5 Å². The number of benzene rings is 1. The molecule has 0 unspecified atom stereocenters. The van der Waals surface area contributed by atoms with Crippen LogP contribution in [0.15, 0.2) is 24.4 Å². The summed E-state index contributed by atoms with van der Waals surface area (Å²) in [7, 11) is 0. The van der Waals surface area contributed by atoms with E-state index in [0.717, 1.165) is 29.5 Å². The fraction of sp³-hybridized carbons (Fsp3) is 0.267. The van der Waals surface area contributed by atoms with Crippen LogP contribution in [0.3, 0.4) is 0 Å². The molecule has 3 N–H and O–H groups in total. The van der Waals surface area contributed by atoms with Crippen molar-refractivity contribution < 1.29 is 4.79 Å². The summed E-state index contributed by atoms with van der Waals surface area (Å²) in [5.41, 5.74) is 9.07. The fourth-order valence-corrected chi connectivity index (χ4v) is 3.15. The molecule has 2 aromatic rings. The van der Waals surface area contributed by atoms with E-state index in [9.17, 15) is 4.79 Å². The van der Waals surface area contributed by atoms with Gasteiger partial charge in [0.25, 0.3) is 5.91 Å². The molecule has 1 spiro atoms. The van der Waals surface area contributed by atoms with Gasteiger partial charge in [-0.15, -0.1) is 0 Å². The van der Waals surface area contributed by atoms with Crippen molar-refractivity contribution in [2.24, 2.45) is 0 Å². The smallest absolute Gasteiger partial charge is 0.251 e. The van der Waals surface area contributed by atoms with Gasteiger partial charge in [-0.3, -0.25) is 4.79 Å². The number of hydrogen-bond donors (Lipinski definition) is 2. The second-order valence-electron chi connectivity index (χ2n) is 5.65. The lowest BCUT2D eigenvalue weighted by Gasteiger charge is -2.26. The minimum absolute atomic E-state index is 0.0117. The van der Waals surface area contributed by atoms with E-state index in [4.69, 9.17) is 17.3 Å². The van der Waals surface area contributed by atoms with Gasteiger partial charge in [0.1, 0.15) is 0 Å². The zero-order valence-corrected chi connectivity index (χ0v) is 11.9. The van der Waals surface area contributed by atoms with Crippen molar-refractivity contribution in [2.45, 2.75) is 18.3 Å². The number of fused-ring (bicyclic) bond motifs is 2. The quantitative estimate of drug-likeness (QED) is 0.845. The molecule has 2 heterocycles. The first-order valence-electron chi connectivity index (χ1n) is 6.80. The fourth-order valence-electron chi connectivity index (χ4n) is 2.95. The van der Waals surface area contributed by atoms with Crippen molar-refractivity contribution >= 4 is 23.5 Å². The molecular formula is C15H13ClN4O. The average molecular weight is 301 g/mol. The number of rotatable bonds is 1. The molecule has 6 heteroatoms. The third kappa shape index (κ3) is 1.88. The van der Waals surface area contributed by atoms with Gasteiger partial charge in [-0.1, -0.05) is 17.7 Å². The molecule has 0 saturated heterocycles. The SMILES string of the molecule is Nc1ncc(Cl)c(-c2ccc3c(c2)C2(CC2)CNC3=O)n1. The topological polar surface area (TPSA) is 80.9 Å². The van der Waals surface area contributed by atoms with Crippen LogP contribution >= 0.6 is 11.6 Å². The van der Waals surface area contributed by atoms with Crippen LogP contribution in [-0.4, -0.2) is 22.4 Å². The number of amides is 1. The molecule has 1 amide bonds. The van der Waals surface area contributed by atoms with Crippen molar-refractivity contribution in [3.63, 3.8) is 0 Å². The van der Waals surface area contributed by atoms with Crippen molar-refractivity contribution in [3.8, 4) is 11.3 Å². The Morgan fingerprint density at radius 1 is 1.33 bits per heavy atom. The van der Waals surface area contributed by atoms with Crippen LogP contribution in [-0.2, 0) is 5.41 Å². The van der Waals surface area contributed by atoms with Gasteiger partial charge in [0.15, 0.2) is 0 Å². The molecule has 1 saturated carbocycles. The molecule has 1 aromatic heterocycles. The van der Waals surface area contributed by atoms with Crippen LogP contribution < -0.4 is 11.1 Å².